The molecule has 0 aliphatic rings. The Bertz CT molecular complexity index is 795. The number of aldehydes is 1. The second kappa shape index (κ2) is 25.4. The first-order valence-corrected chi connectivity index (χ1v) is 12.8. The number of aliphatic hydroxyl groups is 2. The van der Waals surface area contributed by atoms with Crippen molar-refractivity contribution in [3.63, 3.8) is 0 Å². The first kappa shape index (κ1) is 39.3. The second-order valence-corrected chi connectivity index (χ2v) is 8.50. The number of hydrogen-bond donors (Lipinski definition) is 2. The van der Waals surface area contributed by atoms with Gasteiger partial charge in [0.2, 0.25) is 0 Å². The molecule has 0 saturated heterocycles. The van der Waals surface area contributed by atoms with E-state index in [9.17, 15) is 14.4 Å². The Morgan fingerprint density at radius 2 is 1.58 bits per heavy atom. The molecule has 8 nitrogen and oxygen atoms in total. The van der Waals surface area contributed by atoms with Gasteiger partial charge < -0.3 is 24.5 Å². The van der Waals surface area contributed by atoms with Gasteiger partial charge in [-0.15, -0.1) is 0 Å². The van der Waals surface area contributed by atoms with Gasteiger partial charge in [0.05, 0.1) is 6.61 Å². The quantitative estimate of drug-likeness (QED) is 0.150. The lowest BCUT2D eigenvalue weighted by Gasteiger charge is -2.29. The molecule has 0 fully saturated rings. The highest BCUT2D eigenvalue weighted by atomic mass is 16.6. The molecule has 0 heterocycles. The Hall–Kier alpha value is -3.23. The fourth-order valence-electron chi connectivity index (χ4n) is 2.23. The lowest BCUT2D eigenvalue weighted by Crippen LogP contribution is -2.48. The van der Waals surface area contributed by atoms with Crippen LogP contribution < -0.4 is 0 Å². The summed E-state index contributed by atoms with van der Waals surface area (Å²) in [5, 5.41) is 17.1. The first-order chi connectivity index (χ1) is 18.0. The average molecular weight is 536 g/mol. The van der Waals surface area contributed by atoms with E-state index in [0.717, 1.165) is 5.56 Å². The SMILES string of the molecule is C/C=C\C.C=CC(=C)CO.CC.CC(C)(C)OC(=O)N(C(=O)OCc1ccccc1)[C@H](C=O)CCCCO. The summed E-state index contributed by atoms with van der Waals surface area (Å²) in [4.78, 5) is 37.1. The highest BCUT2D eigenvalue weighted by Crippen LogP contribution is 2.16. The molecule has 0 bridgehead atoms. The van der Waals surface area contributed by atoms with E-state index >= 15 is 0 Å². The molecule has 8 heteroatoms. The van der Waals surface area contributed by atoms with Crippen molar-refractivity contribution in [1.29, 1.82) is 0 Å². The van der Waals surface area contributed by atoms with Gasteiger partial charge in [0.25, 0.3) is 0 Å². The molecule has 1 atom stereocenters. The number of unbranched alkanes of at least 4 members (excludes halogenated alkanes) is 1. The van der Waals surface area contributed by atoms with Gasteiger partial charge in [0.15, 0.2) is 0 Å². The summed E-state index contributed by atoms with van der Waals surface area (Å²) in [5.41, 5.74) is 0.594. The molecule has 0 radical (unpaired) electrons. The van der Waals surface area contributed by atoms with Gasteiger partial charge in [0, 0.05) is 6.61 Å². The number of rotatable bonds is 10. The van der Waals surface area contributed by atoms with Gasteiger partial charge in [-0.25, -0.2) is 14.5 Å². The standard InChI is InChI=1S/C19H27NO6.C5H8O.C4H8.C2H6/c1-19(2,3)26-18(24)20(16(13-22)11-7-8-12-21)17(23)25-14-15-9-5-4-6-10-15;1-3-5(2)4-6;1-3-4-2;1-2/h4-6,9-10,13,16,21H,7-8,11-12,14H2,1-3H3;3,6H,1-2,4H2;3-4H,1-2H3;1-2H3/b;;4-3-;/t16-;;;/m0.../s1. The van der Waals surface area contributed by atoms with Gasteiger partial charge in [-0.1, -0.05) is 75.6 Å². The predicted molar refractivity (Wildman–Crippen MR) is 154 cm³/mol. The van der Waals surface area contributed by atoms with Crippen LogP contribution in [0.4, 0.5) is 9.59 Å². The summed E-state index contributed by atoms with van der Waals surface area (Å²) in [6, 6.07) is 7.99. The molecule has 0 aromatic heterocycles. The van der Waals surface area contributed by atoms with Gasteiger partial charge >= 0.3 is 12.2 Å². The van der Waals surface area contributed by atoms with Crippen LogP contribution in [0.15, 0.2) is 67.3 Å². The van der Waals surface area contributed by atoms with Crippen LogP contribution in [0.1, 0.15) is 73.3 Å². The van der Waals surface area contributed by atoms with Gasteiger partial charge in [-0.3, -0.25) is 0 Å². The molecule has 216 valence electrons. The van der Waals surface area contributed by atoms with Crippen LogP contribution in [0.2, 0.25) is 0 Å². The molecule has 1 aromatic rings. The Labute approximate surface area is 229 Å². The van der Waals surface area contributed by atoms with Crippen LogP contribution in [0.5, 0.6) is 0 Å². The van der Waals surface area contributed by atoms with Crippen molar-refractivity contribution in [3.05, 3.63) is 72.9 Å². The third-order valence-electron chi connectivity index (χ3n) is 4.21. The van der Waals surface area contributed by atoms with E-state index < -0.39 is 23.8 Å². The summed E-state index contributed by atoms with van der Waals surface area (Å²) < 4.78 is 10.4. The lowest BCUT2D eigenvalue weighted by molar-refractivity contribution is -0.112. The topological polar surface area (TPSA) is 113 Å². The van der Waals surface area contributed by atoms with Crippen LogP contribution >= 0.6 is 0 Å². The number of allylic oxidation sites excluding steroid dienone is 2. The minimum atomic E-state index is -1.01. The third-order valence-corrected chi connectivity index (χ3v) is 4.21. The molecule has 0 unspecified atom stereocenters. The van der Waals surface area contributed by atoms with Crippen molar-refractivity contribution in [1.82, 2.24) is 4.90 Å². The molecular weight excluding hydrogens is 486 g/mol. The van der Waals surface area contributed by atoms with E-state index in [0.29, 0.717) is 29.6 Å². The number of carbonyl (C=O) groups excluding carboxylic acids is 3. The molecule has 1 rings (SSSR count). The zero-order valence-corrected chi connectivity index (χ0v) is 24.3. The van der Waals surface area contributed by atoms with Crippen molar-refractivity contribution in [2.75, 3.05) is 13.2 Å². The summed E-state index contributed by atoms with van der Waals surface area (Å²) in [5.74, 6) is 0. The van der Waals surface area contributed by atoms with Crippen LogP contribution in [-0.2, 0) is 20.9 Å². The molecule has 2 N–H and O–H groups in total. The Kier molecular flexibility index (Phi) is 26.3. The maximum absolute atomic E-state index is 12.5. The Morgan fingerprint density at radius 3 is 1.95 bits per heavy atom. The number of imide groups is 1. The maximum atomic E-state index is 12.5. The van der Waals surface area contributed by atoms with Crippen molar-refractivity contribution in [3.8, 4) is 0 Å². The van der Waals surface area contributed by atoms with Crippen molar-refractivity contribution >= 4 is 18.5 Å². The van der Waals surface area contributed by atoms with Gasteiger partial charge in [0.1, 0.15) is 24.5 Å². The Morgan fingerprint density at radius 1 is 1.03 bits per heavy atom. The van der Waals surface area contributed by atoms with E-state index in [1.54, 1.807) is 45.0 Å². The Balaban J connectivity index is -0.000000854. The largest absolute Gasteiger partial charge is 0.444 e. The molecule has 1 aromatic carbocycles. The van der Waals surface area contributed by atoms with E-state index in [-0.39, 0.29) is 26.2 Å². The molecule has 38 heavy (non-hydrogen) atoms. The fourth-order valence-corrected chi connectivity index (χ4v) is 2.23. The average Bonchev–Trinajstić information content (AvgIpc) is 2.92. The van der Waals surface area contributed by atoms with E-state index in [4.69, 9.17) is 19.7 Å². The van der Waals surface area contributed by atoms with Crippen LogP contribution in [-0.4, -0.2) is 58.4 Å². The zero-order chi connectivity index (χ0) is 30.0. The monoisotopic (exact) mass is 535 g/mol. The molecule has 0 aliphatic heterocycles. The molecule has 0 aliphatic carbocycles. The molecule has 2 amide bonds. The van der Waals surface area contributed by atoms with Crippen LogP contribution in [0, 0.1) is 0 Å². The van der Waals surface area contributed by atoms with E-state index in [2.05, 4.69) is 13.2 Å². The number of benzene rings is 1. The minimum Gasteiger partial charge on any atom is -0.444 e. The van der Waals surface area contributed by atoms with Gasteiger partial charge in [-0.2, -0.15) is 0 Å². The fraction of sp³-hybridized carbons (Fsp3) is 0.500. The smallest absolute Gasteiger partial charge is 0.420 e. The lowest BCUT2D eigenvalue weighted by atomic mass is 10.1. The number of aliphatic hydroxyl groups excluding tert-OH is 2. The highest BCUT2D eigenvalue weighted by molar-refractivity contribution is 5.91. The number of amides is 2. The first-order valence-electron chi connectivity index (χ1n) is 12.8. The number of nitrogens with zero attached hydrogens (tertiary/aromatic N) is 1. The highest BCUT2D eigenvalue weighted by Gasteiger charge is 2.34. The van der Waals surface area contributed by atoms with Crippen molar-refractivity contribution in [2.45, 2.75) is 86.0 Å². The second-order valence-electron chi connectivity index (χ2n) is 8.50. The number of hydrogen-bond acceptors (Lipinski definition) is 7. The van der Waals surface area contributed by atoms with Gasteiger partial charge in [-0.05, 0) is 65.0 Å². The third kappa shape index (κ3) is 22.0. The van der Waals surface area contributed by atoms with E-state index in [1.807, 2.05) is 45.9 Å². The van der Waals surface area contributed by atoms with Crippen LogP contribution in [0.3, 0.4) is 0 Å². The molecule has 0 saturated carbocycles. The summed E-state index contributed by atoms with van der Waals surface area (Å²) in [6.45, 7) is 19.8. The molecular formula is C30H49NO7. The summed E-state index contributed by atoms with van der Waals surface area (Å²) >= 11 is 0. The van der Waals surface area contributed by atoms with Crippen molar-refractivity contribution in [2.24, 2.45) is 0 Å². The molecule has 0 spiro atoms. The number of ether oxygens (including phenoxy) is 2. The predicted octanol–water partition coefficient (Wildman–Crippen LogP) is 6.62. The number of carbonyl (C=O) groups is 3. The normalized spacial score (nSPS) is 10.7. The van der Waals surface area contributed by atoms with Crippen LogP contribution in [0.25, 0.3) is 0 Å². The zero-order valence-electron chi connectivity index (χ0n) is 24.3. The summed E-state index contributed by atoms with van der Waals surface area (Å²) in [6.07, 6.45) is 5.34. The summed E-state index contributed by atoms with van der Waals surface area (Å²) in [7, 11) is 0. The maximum Gasteiger partial charge on any atom is 0.420 e. The van der Waals surface area contributed by atoms with Crippen molar-refractivity contribution < 1.29 is 34.1 Å². The van der Waals surface area contributed by atoms with E-state index in [1.165, 1.54) is 6.08 Å². The minimum absolute atomic E-state index is 0.0174.